The first kappa shape index (κ1) is 26.4. The molecule has 1 N–H and O–H groups in total. The number of hydrogen-bond acceptors (Lipinski definition) is 6. The lowest BCUT2D eigenvalue weighted by Gasteiger charge is -2.10. The molecule has 0 atom stereocenters. The number of esters is 1. The molecule has 0 unspecified atom stereocenters. The summed E-state index contributed by atoms with van der Waals surface area (Å²) in [6, 6.07) is 23.4. The highest BCUT2D eigenvalue weighted by Gasteiger charge is 2.13. The van der Waals surface area contributed by atoms with E-state index in [0.717, 1.165) is 19.7 Å². The number of halogens is 2. The van der Waals surface area contributed by atoms with Gasteiger partial charge in [0.25, 0.3) is 5.91 Å². The van der Waals surface area contributed by atoms with E-state index in [1.807, 2.05) is 37.3 Å². The molecule has 0 saturated carbocycles. The van der Waals surface area contributed by atoms with Crippen LogP contribution in [0.1, 0.15) is 22.8 Å². The summed E-state index contributed by atoms with van der Waals surface area (Å²) in [5.41, 5.74) is 3.30. The van der Waals surface area contributed by atoms with Gasteiger partial charge in [0.15, 0.2) is 6.61 Å². The van der Waals surface area contributed by atoms with E-state index in [2.05, 4.69) is 42.4 Å². The number of ether oxygens (including phenoxy) is 3. The Balaban J connectivity index is 1.37. The Hall–Kier alpha value is -3.69. The quantitative estimate of drug-likeness (QED) is 0.0992. The van der Waals surface area contributed by atoms with E-state index < -0.39 is 11.9 Å². The van der Waals surface area contributed by atoms with Gasteiger partial charge in [-0.05, 0) is 82.2 Å². The number of nitrogens with zero attached hydrogens (tertiary/aromatic N) is 1. The van der Waals surface area contributed by atoms with E-state index in [-0.39, 0.29) is 12.4 Å². The standard InChI is InChI=1S/C28H22Br2N2O5/c1-2-35-22-11-7-19(8-12-22)28(34)37-24-14-10-21(29)15-20(24)16-31-32-26(33)17-36-25-13-9-18-5-3-4-6-23(18)27(25)30/h3-16H,2,17H2,1H3,(H,32,33)/b31-16-. The first-order chi connectivity index (χ1) is 17.9. The van der Waals surface area contributed by atoms with Crippen LogP contribution in [-0.2, 0) is 4.79 Å². The van der Waals surface area contributed by atoms with Gasteiger partial charge in [0.05, 0.1) is 22.9 Å². The van der Waals surface area contributed by atoms with E-state index in [9.17, 15) is 9.59 Å². The van der Waals surface area contributed by atoms with Crippen LogP contribution in [0.3, 0.4) is 0 Å². The molecule has 4 rings (SSSR count). The second kappa shape index (κ2) is 12.5. The highest BCUT2D eigenvalue weighted by Crippen LogP contribution is 2.33. The number of fused-ring (bicyclic) bond motifs is 1. The highest BCUT2D eigenvalue weighted by atomic mass is 79.9. The van der Waals surface area contributed by atoms with E-state index in [4.69, 9.17) is 14.2 Å². The van der Waals surface area contributed by atoms with Gasteiger partial charge in [-0.25, -0.2) is 10.2 Å². The largest absolute Gasteiger partial charge is 0.494 e. The molecule has 0 aliphatic carbocycles. The maximum atomic E-state index is 12.6. The zero-order chi connectivity index (χ0) is 26.2. The molecule has 0 radical (unpaired) electrons. The van der Waals surface area contributed by atoms with Crippen molar-refractivity contribution in [3.63, 3.8) is 0 Å². The van der Waals surface area contributed by atoms with Gasteiger partial charge in [-0.2, -0.15) is 5.10 Å². The third kappa shape index (κ3) is 6.96. The smallest absolute Gasteiger partial charge is 0.343 e. The summed E-state index contributed by atoms with van der Waals surface area (Å²) < 4.78 is 18.2. The number of carbonyl (C=O) groups excluding carboxylic acids is 2. The molecule has 0 spiro atoms. The molecule has 0 heterocycles. The van der Waals surface area contributed by atoms with Gasteiger partial charge in [0.2, 0.25) is 0 Å². The Morgan fingerprint density at radius 3 is 2.46 bits per heavy atom. The summed E-state index contributed by atoms with van der Waals surface area (Å²) in [6.45, 7) is 2.19. The maximum Gasteiger partial charge on any atom is 0.343 e. The monoisotopic (exact) mass is 624 g/mol. The first-order valence-electron chi connectivity index (χ1n) is 11.3. The number of hydrazone groups is 1. The van der Waals surface area contributed by atoms with Crippen LogP contribution >= 0.6 is 31.9 Å². The van der Waals surface area contributed by atoms with E-state index in [0.29, 0.717) is 29.2 Å². The van der Waals surface area contributed by atoms with Crippen LogP contribution in [0.15, 0.2) is 92.9 Å². The van der Waals surface area contributed by atoms with Crippen molar-refractivity contribution in [2.24, 2.45) is 5.10 Å². The van der Waals surface area contributed by atoms with Crippen LogP contribution in [0.2, 0.25) is 0 Å². The van der Waals surface area contributed by atoms with Gasteiger partial charge in [-0.15, -0.1) is 0 Å². The fourth-order valence-corrected chi connectivity index (χ4v) is 4.39. The Labute approximate surface area is 230 Å². The molecule has 0 aliphatic rings. The number of benzene rings is 4. The number of hydrogen-bond donors (Lipinski definition) is 1. The minimum atomic E-state index is -0.529. The van der Waals surface area contributed by atoms with Crippen molar-refractivity contribution < 1.29 is 23.8 Å². The second-order valence-corrected chi connectivity index (χ2v) is 9.42. The molecule has 0 bridgehead atoms. The number of amides is 1. The second-order valence-electron chi connectivity index (χ2n) is 7.71. The lowest BCUT2D eigenvalue weighted by Crippen LogP contribution is -2.24. The van der Waals surface area contributed by atoms with Crippen molar-refractivity contribution in [1.29, 1.82) is 0 Å². The van der Waals surface area contributed by atoms with Crippen LogP contribution in [0.5, 0.6) is 17.2 Å². The van der Waals surface area contributed by atoms with E-state index in [1.165, 1.54) is 6.21 Å². The van der Waals surface area contributed by atoms with Crippen LogP contribution in [-0.4, -0.2) is 31.3 Å². The van der Waals surface area contributed by atoms with Crippen LogP contribution in [0.25, 0.3) is 10.8 Å². The van der Waals surface area contributed by atoms with Crippen molar-refractivity contribution in [2.75, 3.05) is 13.2 Å². The van der Waals surface area contributed by atoms with Crippen molar-refractivity contribution in [1.82, 2.24) is 5.43 Å². The van der Waals surface area contributed by atoms with Crippen LogP contribution < -0.4 is 19.6 Å². The van der Waals surface area contributed by atoms with Gasteiger partial charge in [0.1, 0.15) is 17.2 Å². The molecule has 0 fully saturated rings. The summed E-state index contributed by atoms with van der Waals surface area (Å²) in [7, 11) is 0. The molecule has 37 heavy (non-hydrogen) atoms. The predicted molar refractivity (Wildman–Crippen MR) is 150 cm³/mol. The summed E-state index contributed by atoms with van der Waals surface area (Å²) in [5, 5.41) is 6.04. The minimum Gasteiger partial charge on any atom is -0.494 e. The average Bonchev–Trinajstić information content (AvgIpc) is 2.90. The third-order valence-corrected chi connectivity index (χ3v) is 6.47. The lowest BCUT2D eigenvalue weighted by atomic mass is 10.1. The molecule has 0 aromatic heterocycles. The lowest BCUT2D eigenvalue weighted by molar-refractivity contribution is -0.123. The number of rotatable bonds is 9. The SMILES string of the molecule is CCOc1ccc(C(=O)Oc2ccc(Br)cc2/C=N\NC(=O)COc2ccc3ccccc3c2Br)cc1. The number of carbonyl (C=O) groups is 2. The molecule has 4 aromatic carbocycles. The maximum absolute atomic E-state index is 12.6. The minimum absolute atomic E-state index is 0.230. The van der Waals surface area contributed by atoms with Crippen LogP contribution in [0, 0.1) is 0 Å². The van der Waals surface area contributed by atoms with Crippen molar-refractivity contribution in [3.05, 3.63) is 98.9 Å². The fraction of sp³-hybridized carbons (Fsp3) is 0.107. The Bertz CT molecular complexity index is 1460. The van der Waals surface area contributed by atoms with Crippen molar-refractivity contribution >= 4 is 60.7 Å². The van der Waals surface area contributed by atoms with Gasteiger partial charge in [-0.1, -0.05) is 46.3 Å². The molecule has 1 amide bonds. The zero-order valence-electron chi connectivity index (χ0n) is 19.7. The normalized spacial score (nSPS) is 10.9. The Morgan fingerprint density at radius 2 is 1.68 bits per heavy atom. The van der Waals surface area contributed by atoms with Crippen LogP contribution in [0.4, 0.5) is 0 Å². The van der Waals surface area contributed by atoms with Gasteiger partial charge in [-0.3, -0.25) is 4.79 Å². The number of nitrogens with one attached hydrogen (secondary N) is 1. The molecule has 0 saturated heterocycles. The third-order valence-electron chi connectivity index (χ3n) is 5.16. The van der Waals surface area contributed by atoms with Gasteiger partial charge >= 0.3 is 5.97 Å². The van der Waals surface area contributed by atoms with Crippen molar-refractivity contribution in [3.8, 4) is 17.2 Å². The zero-order valence-corrected chi connectivity index (χ0v) is 22.9. The molecular weight excluding hydrogens is 604 g/mol. The van der Waals surface area contributed by atoms with E-state index >= 15 is 0 Å². The summed E-state index contributed by atoms with van der Waals surface area (Å²) in [6.07, 6.45) is 1.40. The van der Waals surface area contributed by atoms with Gasteiger partial charge < -0.3 is 14.2 Å². The Kier molecular flexibility index (Phi) is 8.92. The fourth-order valence-electron chi connectivity index (χ4n) is 3.40. The average molecular weight is 626 g/mol. The predicted octanol–water partition coefficient (Wildman–Crippen LogP) is 6.51. The molecule has 7 nitrogen and oxygen atoms in total. The molecular formula is C28H22Br2N2O5. The Morgan fingerprint density at radius 1 is 0.919 bits per heavy atom. The topological polar surface area (TPSA) is 86.2 Å². The highest BCUT2D eigenvalue weighted by molar-refractivity contribution is 9.11. The molecule has 4 aromatic rings. The summed E-state index contributed by atoms with van der Waals surface area (Å²) in [4.78, 5) is 24.9. The van der Waals surface area contributed by atoms with Crippen molar-refractivity contribution in [2.45, 2.75) is 6.92 Å². The first-order valence-corrected chi connectivity index (χ1v) is 12.9. The molecule has 9 heteroatoms. The summed E-state index contributed by atoms with van der Waals surface area (Å²) in [5.74, 6) is 0.533. The molecule has 188 valence electrons. The van der Waals surface area contributed by atoms with Gasteiger partial charge in [0, 0.05) is 10.0 Å². The van der Waals surface area contributed by atoms with E-state index in [1.54, 1.807) is 48.5 Å². The molecule has 0 aliphatic heterocycles. The summed E-state index contributed by atoms with van der Waals surface area (Å²) >= 11 is 6.94.